The zero-order valence-electron chi connectivity index (χ0n) is 19.1. The van der Waals surface area contributed by atoms with Crippen LogP contribution in [0.1, 0.15) is 39.0 Å². The van der Waals surface area contributed by atoms with Gasteiger partial charge >= 0.3 is 0 Å². The van der Waals surface area contributed by atoms with E-state index in [4.69, 9.17) is 16.3 Å². The molecule has 4 rings (SSSR count). The molecule has 3 aromatic rings. The van der Waals surface area contributed by atoms with Crippen LogP contribution in [0.3, 0.4) is 0 Å². The number of nitriles is 1. The number of hydrogen-bond acceptors (Lipinski definition) is 6. The van der Waals surface area contributed by atoms with Crippen molar-refractivity contribution in [1.29, 1.82) is 5.26 Å². The highest BCUT2D eigenvalue weighted by molar-refractivity contribution is 8.00. The predicted octanol–water partition coefficient (Wildman–Crippen LogP) is 5.42. The SMILES string of the molecule is COc1ccc(-c2nnc(SC(C)C(=O)NC3(C#N)CCCCC3)n2-c2ccc(Cl)cc2)cc1. The van der Waals surface area contributed by atoms with Crippen LogP contribution in [0, 0.1) is 11.3 Å². The van der Waals surface area contributed by atoms with Crippen LogP contribution in [0.25, 0.3) is 17.1 Å². The van der Waals surface area contributed by atoms with Crippen LogP contribution in [-0.4, -0.2) is 38.6 Å². The Kier molecular flexibility index (Phi) is 7.44. The second kappa shape index (κ2) is 10.5. The number of ether oxygens (including phenoxy) is 1. The minimum atomic E-state index is -0.776. The molecule has 0 radical (unpaired) electrons. The average Bonchev–Trinajstić information content (AvgIpc) is 3.28. The molecule has 1 amide bonds. The molecule has 1 heterocycles. The molecule has 1 atom stereocenters. The van der Waals surface area contributed by atoms with Crippen molar-refractivity contribution in [2.45, 2.75) is 55.0 Å². The predicted molar refractivity (Wildman–Crippen MR) is 133 cm³/mol. The minimum absolute atomic E-state index is 0.176. The lowest BCUT2D eigenvalue weighted by Crippen LogP contribution is -2.50. The van der Waals surface area contributed by atoms with E-state index in [0.717, 1.165) is 36.3 Å². The summed E-state index contributed by atoms with van der Waals surface area (Å²) >= 11 is 7.42. The summed E-state index contributed by atoms with van der Waals surface area (Å²) in [6.07, 6.45) is 4.38. The van der Waals surface area contributed by atoms with E-state index in [2.05, 4.69) is 21.6 Å². The highest BCUT2D eigenvalue weighted by Gasteiger charge is 2.35. The van der Waals surface area contributed by atoms with Crippen molar-refractivity contribution < 1.29 is 9.53 Å². The summed E-state index contributed by atoms with van der Waals surface area (Å²) in [4.78, 5) is 13.0. The molecule has 0 bridgehead atoms. The molecular formula is C25H26ClN5O2S. The third-order valence-electron chi connectivity index (χ3n) is 6.00. The molecule has 176 valence electrons. The maximum Gasteiger partial charge on any atom is 0.234 e. The van der Waals surface area contributed by atoms with Crippen LogP contribution >= 0.6 is 23.4 Å². The maximum absolute atomic E-state index is 13.0. The van der Waals surface area contributed by atoms with E-state index in [1.54, 1.807) is 19.2 Å². The van der Waals surface area contributed by atoms with Gasteiger partial charge < -0.3 is 10.1 Å². The molecule has 1 saturated carbocycles. The Labute approximate surface area is 208 Å². The number of hydrogen-bond donors (Lipinski definition) is 1. The van der Waals surface area contributed by atoms with E-state index in [9.17, 15) is 10.1 Å². The van der Waals surface area contributed by atoms with E-state index in [1.807, 2.05) is 47.9 Å². The number of carbonyl (C=O) groups is 1. The number of nitrogens with one attached hydrogen (secondary N) is 1. The fourth-order valence-electron chi connectivity index (χ4n) is 4.07. The van der Waals surface area contributed by atoms with Crippen LogP contribution in [0.4, 0.5) is 0 Å². The standard InChI is InChI=1S/C25H26ClN5O2S/c1-17(23(32)28-25(16-27)14-4-3-5-15-25)34-24-30-29-22(18-6-12-21(33-2)13-7-18)31(24)20-10-8-19(26)9-11-20/h6-13,17H,3-5,14-15H2,1-2H3,(H,28,32). The van der Waals surface area contributed by atoms with Crippen LogP contribution in [-0.2, 0) is 4.79 Å². The Morgan fingerprint density at radius 3 is 2.44 bits per heavy atom. The van der Waals surface area contributed by atoms with E-state index in [0.29, 0.717) is 28.8 Å². The van der Waals surface area contributed by atoms with Gasteiger partial charge in [-0.25, -0.2) is 0 Å². The van der Waals surface area contributed by atoms with Gasteiger partial charge in [0, 0.05) is 16.3 Å². The summed E-state index contributed by atoms with van der Waals surface area (Å²) in [6, 6.07) is 17.3. The third kappa shape index (κ3) is 5.21. The quantitative estimate of drug-likeness (QED) is 0.440. The lowest BCUT2D eigenvalue weighted by Gasteiger charge is -2.32. The van der Waals surface area contributed by atoms with Crippen LogP contribution in [0.15, 0.2) is 53.7 Å². The van der Waals surface area contributed by atoms with Gasteiger partial charge in [0.2, 0.25) is 5.91 Å². The fraction of sp³-hybridized carbons (Fsp3) is 0.360. The molecule has 1 fully saturated rings. The van der Waals surface area contributed by atoms with Crippen molar-refractivity contribution in [3.05, 3.63) is 53.6 Å². The Hall–Kier alpha value is -3.02. The van der Waals surface area contributed by atoms with E-state index >= 15 is 0 Å². The van der Waals surface area contributed by atoms with Crippen molar-refractivity contribution >= 4 is 29.3 Å². The van der Waals surface area contributed by atoms with Crippen LogP contribution in [0.5, 0.6) is 5.75 Å². The van der Waals surface area contributed by atoms with E-state index in [1.165, 1.54) is 11.8 Å². The molecule has 34 heavy (non-hydrogen) atoms. The van der Waals surface area contributed by atoms with E-state index < -0.39 is 10.8 Å². The third-order valence-corrected chi connectivity index (χ3v) is 7.30. The Morgan fingerprint density at radius 2 is 1.82 bits per heavy atom. The molecule has 0 saturated heterocycles. The summed E-state index contributed by atoms with van der Waals surface area (Å²) < 4.78 is 7.18. The molecule has 1 N–H and O–H groups in total. The molecule has 1 aliphatic rings. The summed E-state index contributed by atoms with van der Waals surface area (Å²) in [6.45, 7) is 1.82. The van der Waals surface area contributed by atoms with Gasteiger partial charge in [-0.15, -0.1) is 10.2 Å². The first-order chi connectivity index (χ1) is 16.4. The van der Waals surface area contributed by atoms with Crippen molar-refractivity contribution in [1.82, 2.24) is 20.1 Å². The van der Waals surface area contributed by atoms with Crippen LogP contribution < -0.4 is 10.1 Å². The van der Waals surface area contributed by atoms with Crippen molar-refractivity contribution in [2.75, 3.05) is 7.11 Å². The number of thioether (sulfide) groups is 1. The molecule has 9 heteroatoms. The monoisotopic (exact) mass is 495 g/mol. The van der Waals surface area contributed by atoms with Gasteiger partial charge in [-0.3, -0.25) is 9.36 Å². The largest absolute Gasteiger partial charge is 0.497 e. The second-order valence-corrected chi connectivity index (χ2v) is 10.1. The van der Waals surface area contributed by atoms with Gasteiger partial charge in [0.1, 0.15) is 11.3 Å². The number of benzene rings is 2. The number of amides is 1. The average molecular weight is 496 g/mol. The van der Waals surface area contributed by atoms with Gasteiger partial charge in [0.05, 0.1) is 18.4 Å². The van der Waals surface area contributed by atoms with Gasteiger partial charge in [-0.2, -0.15) is 5.26 Å². The smallest absolute Gasteiger partial charge is 0.234 e. The molecule has 0 spiro atoms. The van der Waals surface area contributed by atoms with Gasteiger partial charge in [0.25, 0.3) is 0 Å². The van der Waals surface area contributed by atoms with Gasteiger partial charge in [-0.1, -0.05) is 42.6 Å². The van der Waals surface area contributed by atoms with E-state index in [-0.39, 0.29) is 5.91 Å². The van der Waals surface area contributed by atoms with Crippen molar-refractivity contribution in [3.8, 4) is 28.9 Å². The number of rotatable bonds is 7. The molecule has 7 nitrogen and oxygen atoms in total. The normalized spacial score (nSPS) is 15.8. The van der Waals surface area contributed by atoms with Crippen LogP contribution in [0.2, 0.25) is 5.02 Å². The molecule has 0 aliphatic heterocycles. The minimum Gasteiger partial charge on any atom is -0.497 e. The summed E-state index contributed by atoms with van der Waals surface area (Å²) in [7, 11) is 1.62. The van der Waals surface area contributed by atoms with Gasteiger partial charge in [-0.05, 0) is 68.3 Å². The Bertz CT molecular complexity index is 1180. The lowest BCUT2D eigenvalue weighted by molar-refractivity contribution is -0.121. The topological polar surface area (TPSA) is 92.8 Å². The Morgan fingerprint density at radius 1 is 1.15 bits per heavy atom. The van der Waals surface area contributed by atoms with Crippen molar-refractivity contribution in [2.24, 2.45) is 0 Å². The lowest BCUT2D eigenvalue weighted by atomic mass is 9.83. The highest BCUT2D eigenvalue weighted by Crippen LogP contribution is 2.33. The maximum atomic E-state index is 13.0. The summed E-state index contributed by atoms with van der Waals surface area (Å²) in [5.74, 6) is 1.21. The molecule has 1 unspecified atom stereocenters. The number of carbonyl (C=O) groups excluding carboxylic acids is 1. The zero-order chi connectivity index (χ0) is 24.1. The highest BCUT2D eigenvalue weighted by atomic mass is 35.5. The first-order valence-corrected chi connectivity index (χ1v) is 12.5. The first kappa shape index (κ1) is 24.1. The summed E-state index contributed by atoms with van der Waals surface area (Å²) in [5.41, 5.74) is 0.913. The van der Waals surface area contributed by atoms with Gasteiger partial charge in [0.15, 0.2) is 11.0 Å². The molecule has 1 aliphatic carbocycles. The summed E-state index contributed by atoms with van der Waals surface area (Å²) in [5, 5.41) is 22.3. The first-order valence-electron chi connectivity index (χ1n) is 11.2. The number of methoxy groups -OCH3 is 1. The molecule has 2 aromatic carbocycles. The number of nitrogens with zero attached hydrogens (tertiary/aromatic N) is 4. The number of halogens is 1. The van der Waals surface area contributed by atoms with Crippen molar-refractivity contribution in [3.63, 3.8) is 0 Å². The molecule has 1 aromatic heterocycles. The zero-order valence-corrected chi connectivity index (χ0v) is 20.7. The Balaban J connectivity index is 1.63. The second-order valence-electron chi connectivity index (χ2n) is 8.35. The fourth-order valence-corrected chi connectivity index (χ4v) is 5.06. The number of aromatic nitrogens is 3. The molecular weight excluding hydrogens is 470 g/mol.